The predicted octanol–water partition coefficient (Wildman–Crippen LogP) is 4.65. The number of H-pyrrole nitrogens is 1. The number of rotatable bonds is 9. The predicted molar refractivity (Wildman–Crippen MR) is 138 cm³/mol. The molecule has 0 radical (unpaired) electrons. The molecule has 5 rings (SSSR count). The molecule has 3 heterocycles. The van der Waals surface area contributed by atoms with Crippen LogP contribution in [0.25, 0.3) is 10.9 Å². The van der Waals surface area contributed by atoms with E-state index in [1.54, 1.807) is 18.5 Å². The number of fused-ring (bicyclic) bond motifs is 2. The van der Waals surface area contributed by atoms with Gasteiger partial charge in [0.2, 0.25) is 12.7 Å². The Morgan fingerprint density at radius 2 is 1.97 bits per heavy atom. The van der Waals surface area contributed by atoms with Gasteiger partial charge in [0.15, 0.2) is 11.5 Å². The third kappa shape index (κ3) is 5.16. The second-order valence-corrected chi connectivity index (χ2v) is 9.41. The van der Waals surface area contributed by atoms with Crippen LogP contribution in [0.1, 0.15) is 48.8 Å². The summed E-state index contributed by atoms with van der Waals surface area (Å²) in [5.41, 5.74) is 3.20. The van der Waals surface area contributed by atoms with E-state index in [9.17, 15) is 14.7 Å². The molecule has 37 heavy (non-hydrogen) atoms. The smallest absolute Gasteiger partial charge is 0.416 e. The van der Waals surface area contributed by atoms with Crippen LogP contribution in [-0.4, -0.2) is 44.5 Å². The molecule has 2 aromatic heterocycles. The van der Waals surface area contributed by atoms with Crippen LogP contribution < -0.4 is 14.8 Å². The number of para-hydroxylation sites is 1. The lowest BCUT2D eigenvalue weighted by Gasteiger charge is -2.21. The van der Waals surface area contributed by atoms with E-state index in [-0.39, 0.29) is 18.7 Å². The second-order valence-electron chi connectivity index (χ2n) is 9.41. The first-order valence-corrected chi connectivity index (χ1v) is 12.5. The van der Waals surface area contributed by atoms with Crippen LogP contribution in [0, 0.1) is 0 Å². The molecule has 1 aliphatic heterocycles. The molecule has 1 aliphatic rings. The molecule has 2 aromatic carbocycles. The maximum atomic E-state index is 13.6. The van der Waals surface area contributed by atoms with Crippen LogP contribution in [0.2, 0.25) is 0 Å². The number of nitrogens with zero attached hydrogens (tertiary/aromatic N) is 2. The summed E-state index contributed by atoms with van der Waals surface area (Å²) < 4.78 is 12.2. The van der Waals surface area contributed by atoms with Gasteiger partial charge in [-0.15, -0.1) is 0 Å². The number of hydrogen-bond donors (Lipinski definition) is 3. The van der Waals surface area contributed by atoms with Gasteiger partial charge in [0.25, 0.3) is 0 Å². The number of amides is 1. The number of aromatic nitrogens is 3. The van der Waals surface area contributed by atoms with Crippen LogP contribution in [0.5, 0.6) is 11.5 Å². The van der Waals surface area contributed by atoms with Crippen molar-refractivity contribution in [1.82, 2.24) is 19.9 Å². The van der Waals surface area contributed by atoms with E-state index < -0.39 is 12.0 Å². The summed E-state index contributed by atoms with van der Waals surface area (Å²) in [6, 6.07) is 12.7. The molecular formula is C28H30N4O5. The number of carbonyl (C=O) groups excluding carboxylic acids is 1. The average Bonchev–Trinajstić information content (AvgIpc) is 3.61. The van der Waals surface area contributed by atoms with E-state index in [0.29, 0.717) is 29.9 Å². The summed E-state index contributed by atoms with van der Waals surface area (Å²) in [6.07, 6.45) is 5.16. The number of hydrogen-bond acceptors (Lipinski definition) is 5. The Labute approximate surface area is 214 Å². The first-order valence-electron chi connectivity index (χ1n) is 12.5. The Morgan fingerprint density at radius 3 is 2.78 bits per heavy atom. The van der Waals surface area contributed by atoms with E-state index in [1.807, 2.05) is 43.3 Å². The van der Waals surface area contributed by atoms with Gasteiger partial charge in [0.1, 0.15) is 5.82 Å². The fourth-order valence-electron chi connectivity index (χ4n) is 4.88. The first kappa shape index (κ1) is 24.4. The van der Waals surface area contributed by atoms with Gasteiger partial charge in [0, 0.05) is 42.4 Å². The number of aryl methyl sites for hydroxylation is 1. The Hall–Kier alpha value is -4.27. The lowest BCUT2D eigenvalue weighted by Crippen LogP contribution is -2.38. The molecule has 0 saturated heterocycles. The van der Waals surface area contributed by atoms with Crippen molar-refractivity contribution in [2.45, 2.75) is 51.5 Å². The molecule has 0 bridgehead atoms. The van der Waals surface area contributed by atoms with Gasteiger partial charge in [-0.05, 0) is 49.1 Å². The fourth-order valence-corrected chi connectivity index (χ4v) is 4.88. The zero-order chi connectivity index (χ0) is 25.9. The molecule has 4 aromatic rings. The van der Waals surface area contributed by atoms with Crippen molar-refractivity contribution in [3.8, 4) is 11.5 Å². The normalized spacial score (nSPS) is 14.0. The third-order valence-corrected chi connectivity index (χ3v) is 6.62. The lowest BCUT2D eigenvalue weighted by atomic mass is 9.92. The van der Waals surface area contributed by atoms with Crippen LogP contribution in [0.4, 0.5) is 4.79 Å². The molecule has 3 N–H and O–H groups in total. The molecule has 1 amide bonds. The van der Waals surface area contributed by atoms with Crippen LogP contribution >= 0.6 is 0 Å². The molecular weight excluding hydrogens is 472 g/mol. The Kier molecular flexibility index (Phi) is 6.85. The highest BCUT2D eigenvalue weighted by atomic mass is 16.7. The third-order valence-electron chi connectivity index (χ3n) is 6.62. The zero-order valence-corrected chi connectivity index (χ0v) is 20.9. The van der Waals surface area contributed by atoms with Crippen molar-refractivity contribution in [2.24, 2.45) is 0 Å². The molecule has 0 saturated carbocycles. The quantitative estimate of drug-likeness (QED) is 0.307. The van der Waals surface area contributed by atoms with E-state index in [4.69, 9.17) is 9.47 Å². The maximum absolute atomic E-state index is 13.6. The summed E-state index contributed by atoms with van der Waals surface area (Å²) in [5, 5.41) is 13.6. The average molecular weight is 503 g/mol. The van der Waals surface area contributed by atoms with E-state index in [0.717, 1.165) is 40.9 Å². The monoisotopic (exact) mass is 502 g/mol. The van der Waals surface area contributed by atoms with Gasteiger partial charge in [-0.1, -0.05) is 31.2 Å². The van der Waals surface area contributed by atoms with Crippen molar-refractivity contribution in [1.29, 1.82) is 0 Å². The minimum Gasteiger partial charge on any atom is -0.464 e. The summed E-state index contributed by atoms with van der Waals surface area (Å²) in [4.78, 5) is 33.1. The van der Waals surface area contributed by atoms with Crippen molar-refractivity contribution in [3.63, 3.8) is 0 Å². The zero-order valence-electron chi connectivity index (χ0n) is 20.9. The van der Waals surface area contributed by atoms with Gasteiger partial charge in [0.05, 0.1) is 11.4 Å². The number of nitrogens with one attached hydrogen (secondary N) is 2. The number of aromatic amines is 1. The fraction of sp³-hybridized carbons (Fsp3) is 0.321. The van der Waals surface area contributed by atoms with Crippen molar-refractivity contribution >= 4 is 22.9 Å². The standard InChI is InChI=1S/C28H30N4O5/c1-3-6-26-29-14-20(31-26)13-22(18-9-10-24-25(12-18)37-16-36-24)27(33)30-17(2)11-19-15-32(28(34)35)23-8-5-4-7-21(19)23/h4-5,7-10,12,14-15,17,22H,3,6,11,13,16H2,1-2H3,(H,29,31)(H,30,33)(H,34,35)/t17-,22+/m1/s1. The summed E-state index contributed by atoms with van der Waals surface area (Å²) in [5.74, 6) is 1.59. The van der Waals surface area contributed by atoms with E-state index in [1.165, 1.54) is 4.57 Å². The summed E-state index contributed by atoms with van der Waals surface area (Å²) >= 11 is 0. The number of carbonyl (C=O) groups is 2. The highest BCUT2D eigenvalue weighted by Crippen LogP contribution is 2.35. The van der Waals surface area contributed by atoms with Gasteiger partial charge < -0.3 is 24.9 Å². The second kappa shape index (κ2) is 10.4. The molecule has 0 aliphatic carbocycles. The number of imidazole rings is 1. The molecule has 9 heteroatoms. The van der Waals surface area contributed by atoms with Gasteiger partial charge in [-0.2, -0.15) is 0 Å². The topological polar surface area (TPSA) is 118 Å². The van der Waals surface area contributed by atoms with Crippen LogP contribution in [-0.2, 0) is 24.1 Å². The van der Waals surface area contributed by atoms with Crippen LogP contribution in [0.15, 0.2) is 54.9 Å². The van der Waals surface area contributed by atoms with Gasteiger partial charge >= 0.3 is 6.09 Å². The number of carboxylic acid groups (broad SMARTS) is 1. The van der Waals surface area contributed by atoms with E-state index >= 15 is 0 Å². The van der Waals surface area contributed by atoms with Crippen molar-refractivity contribution < 1.29 is 24.2 Å². The Morgan fingerprint density at radius 1 is 1.16 bits per heavy atom. The molecule has 192 valence electrons. The maximum Gasteiger partial charge on any atom is 0.416 e. The highest BCUT2D eigenvalue weighted by Gasteiger charge is 2.26. The minimum atomic E-state index is -1.04. The summed E-state index contributed by atoms with van der Waals surface area (Å²) in [6.45, 7) is 4.19. The van der Waals surface area contributed by atoms with Crippen molar-refractivity contribution in [2.75, 3.05) is 6.79 Å². The molecule has 9 nitrogen and oxygen atoms in total. The van der Waals surface area contributed by atoms with Crippen LogP contribution in [0.3, 0.4) is 0 Å². The Bertz CT molecular complexity index is 1440. The van der Waals surface area contributed by atoms with Gasteiger partial charge in [-0.25, -0.2) is 9.78 Å². The molecule has 0 spiro atoms. The molecule has 2 atom stereocenters. The van der Waals surface area contributed by atoms with Gasteiger partial charge in [-0.3, -0.25) is 9.36 Å². The summed E-state index contributed by atoms with van der Waals surface area (Å²) in [7, 11) is 0. The minimum absolute atomic E-state index is 0.125. The highest BCUT2D eigenvalue weighted by molar-refractivity contribution is 5.91. The molecule has 0 unspecified atom stereocenters. The largest absolute Gasteiger partial charge is 0.464 e. The number of ether oxygens (including phenoxy) is 2. The SMILES string of the molecule is CCCc1ncc(C[C@H](C(=O)N[C@H](C)Cc2cn(C(=O)O)c3ccccc23)c2ccc3c(c2)OCO3)[nH]1. The lowest BCUT2D eigenvalue weighted by molar-refractivity contribution is -0.123. The Balaban J connectivity index is 1.37. The number of benzene rings is 2. The molecule has 0 fully saturated rings. The van der Waals surface area contributed by atoms with E-state index in [2.05, 4.69) is 22.2 Å². The first-order chi connectivity index (χ1) is 17.9. The van der Waals surface area contributed by atoms with Crippen molar-refractivity contribution in [3.05, 3.63) is 77.5 Å².